The number of amides is 1. The Balaban J connectivity index is 1.75. The zero-order valence-corrected chi connectivity index (χ0v) is 11.9. The number of hydrogen-bond donors (Lipinski definition) is 2. The van der Waals surface area contributed by atoms with Crippen LogP contribution in [0.3, 0.4) is 0 Å². The lowest BCUT2D eigenvalue weighted by Crippen LogP contribution is -2.39. The highest BCUT2D eigenvalue weighted by atomic mass is 16.2. The van der Waals surface area contributed by atoms with E-state index >= 15 is 0 Å². The molecule has 3 heteroatoms. The average Bonchev–Trinajstić information content (AvgIpc) is 2.84. The lowest BCUT2D eigenvalue weighted by atomic mass is 9.96. The Labute approximate surface area is 115 Å². The summed E-state index contributed by atoms with van der Waals surface area (Å²) in [4.78, 5) is 12.1. The number of benzene rings is 1. The first-order valence-electron chi connectivity index (χ1n) is 7.22. The number of aryl methyl sites for hydroxylation is 1. The molecule has 0 radical (unpaired) electrons. The van der Waals surface area contributed by atoms with Gasteiger partial charge in [0.05, 0.1) is 5.92 Å². The van der Waals surface area contributed by atoms with Crippen LogP contribution in [0.25, 0.3) is 0 Å². The van der Waals surface area contributed by atoms with Crippen LogP contribution >= 0.6 is 0 Å². The van der Waals surface area contributed by atoms with Gasteiger partial charge in [0.2, 0.25) is 5.91 Å². The molecule has 3 nitrogen and oxygen atoms in total. The second-order valence-corrected chi connectivity index (χ2v) is 5.68. The molecule has 0 bridgehead atoms. The van der Waals surface area contributed by atoms with Crippen molar-refractivity contribution in [3.05, 3.63) is 35.9 Å². The van der Waals surface area contributed by atoms with Crippen LogP contribution in [0.1, 0.15) is 25.8 Å². The minimum atomic E-state index is 0.138. The third-order valence-electron chi connectivity index (χ3n) is 3.95. The third kappa shape index (κ3) is 4.06. The molecule has 1 aliphatic heterocycles. The topological polar surface area (TPSA) is 41.1 Å². The minimum absolute atomic E-state index is 0.138. The summed E-state index contributed by atoms with van der Waals surface area (Å²) in [5.74, 6) is 0.790. The molecule has 1 heterocycles. The van der Waals surface area contributed by atoms with Crippen LogP contribution in [0.5, 0.6) is 0 Å². The fourth-order valence-corrected chi connectivity index (χ4v) is 2.61. The summed E-state index contributed by atoms with van der Waals surface area (Å²) >= 11 is 0. The fourth-order valence-electron chi connectivity index (χ4n) is 2.61. The highest BCUT2D eigenvalue weighted by Gasteiger charge is 2.29. The molecule has 1 fully saturated rings. The van der Waals surface area contributed by atoms with Gasteiger partial charge in [0.15, 0.2) is 0 Å². The van der Waals surface area contributed by atoms with E-state index in [1.165, 1.54) is 5.56 Å². The Morgan fingerprint density at radius 2 is 2.11 bits per heavy atom. The minimum Gasteiger partial charge on any atom is -0.353 e. The summed E-state index contributed by atoms with van der Waals surface area (Å²) in [6.45, 7) is 6.00. The highest BCUT2D eigenvalue weighted by Crippen LogP contribution is 2.16. The van der Waals surface area contributed by atoms with Gasteiger partial charge in [-0.15, -0.1) is 0 Å². The van der Waals surface area contributed by atoms with Crippen molar-refractivity contribution in [3.63, 3.8) is 0 Å². The molecule has 1 aromatic rings. The Hall–Kier alpha value is -1.35. The first-order chi connectivity index (χ1) is 9.16. The average molecular weight is 260 g/mol. The zero-order valence-electron chi connectivity index (χ0n) is 11.9. The smallest absolute Gasteiger partial charge is 0.224 e. The van der Waals surface area contributed by atoms with E-state index in [0.717, 1.165) is 25.9 Å². The molecule has 1 saturated heterocycles. The SMILES string of the molecule is CC(CCc1ccccc1)NC(=O)[C@@H]1CNC[C@H]1C. The van der Waals surface area contributed by atoms with Crippen molar-refractivity contribution in [2.24, 2.45) is 11.8 Å². The number of carbonyl (C=O) groups is 1. The van der Waals surface area contributed by atoms with E-state index in [9.17, 15) is 4.79 Å². The monoisotopic (exact) mass is 260 g/mol. The lowest BCUT2D eigenvalue weighted by Gasteiger charge is -2.19. The molecular weight excluding hydrogens is 236 g/mol. The molecule has 1 amide bonds. The van der Waals surface area contributed by atoms with Crippen molar-refractivity contribution in [2.45, 2.75) is 32.7 Å². The van der Waals surface area contributed by atoms with E-state index in [2.05, 4.69) is 48.7 Å². The van der Waals surface area contributed by atoms with Crippen LogP contribution in [0.15, 0.2) is 30.3 Å². The molecule has 104 valence electrons. The molecule has 0 aliphatic carbocycles. The molecule has 2 rings (SSSR count). The Kier molecular flexibility index (Phi) is 4.97. The van der Waals surface area contributed by atoms with Gasteiger partial charge >= 0.3 is 0 Å². The molecule has 19 heavy (non-hydrogen) atoms. The Morgan fingerprint density at radius 1 is 1.37 bits per heavy atom. The maximum atomic E-state index is 12.1. The maximum Gasteiger partial charge on any atom is 0.224 e. The molecular formula is C16H24N2O. The van der Waals surface area contributed by atoms with Crippen LogP contribution in [0.4, 0.5) is 0 Å². The predicted octanol–water partition coefficient (Wildman–Crippen LogP) is 1.98. The van der Waals surface area contributed by atoms with Crippen LogP contribution < -0.4 is 10.6 Å². The molecule has 3 atom stereocenters. The van der Waals surface area contributed by atoms with Gasteiger partial charge in [0, 0.05) is 12.6 Å². The predicted molar refractivity (Wildman–Crippen MR) is 77.9 cm³/mol. The Morgan fingerprint density at radius 3 is 2.74 bits per heavy atom. The molecule has 1 aliphatic rings. The molecule has 0 aromatic heterocycles. The van der Waals surface area contributed by atoms with E-state index < -0.39 is 0 Å². The van der Waals surface area contributed by atoms with Gasteiger partial charge in [-0.1, -0.05) is 37.3 Å². The summed E-state index contributed by atoms with van der Waals surface area (Å²) in [5.41, 5.74) is 1.33. The number of carbonyl (C=O) groups excluding carboxylic acids is 1. The molecule has 2 N–H and O–H groups in total. The van der Waals surface area contributed by atoms with Gasteiger partial charge in [0.25, 0.3) is 0 Å². The van der Waals surface area contributed by atoms with Crippen molar-refractivity contribution in [3.8, 4) is 0 Å². The standard InChI is InChI=1S/C16H24N2O/c1-12-10-17-11-15(12)16(19)18-13(2)8-9-14-6-4-3-5-7-14/h3-7,12-13,15,17H,8-11H2,1-2H3,(H,18,19)/t12-,13?,15-/m1/s1. The van der Waals surface area contributed by atoms with E-state index in [0.29, 0.717) is 5.92 Å². The van der Waals surface area contributed by atoms with E-state index in [-0.39, 0.29) is 17.9 Å². The van der Waals surface area contributed by atoms with Gasteiger partial charge in [-0.2, -0.15) is 0 Å². The quantitative estimate of drug-likeness (QED) is 0.850. The fraction of sp³-hybridized carbons (Fsp3) is 0.562. The van der Waals surface area contributed by atoms with Crippen molar-refractivity contribution in [1.29, 1.82) is 0 Å². The first-order valence-corrected chi connectivity index (χ1v) is 7.22. The number of rotatable bonds is 5. The van der Waals surface area contributed by atoms with Crippen LogP contribution in [0, 0.1) is 11.8 Å². The van der Waals surface area contributed by atoms with Crippen molar-refractivity contribution in [1.82, 2.24) is 10.6 Å². The molecule has 0 saturated carbocycles. The van der Waals surface area contributed by atoms with Crippen LogP contribution in [-0.2, 0) is 11.2 Å². The summed E-state index contributed by atoms with van der Waals surface area (Å²) in [6.07, 6.45) is 2.00. The summed E-state index contributed by atoms with van der Waals surface area (Å²) < 4.78 is 0. The number of hydrogen-bond acceptors (Lipinski definition) is 2. The molecule has 1 aromatic carbocycles. The highest BCUT2D eigenvalue weighted by molar-refractivity contribution is 5.79. The largest absolute Gasteiger partial charge is 0.353 e. The van der Waals surface area contributed by atoms with Gasteiger partial charge in [0.1, 0.15) is 0 Å². The van der Waals surface area contributed by atoms with Crippen LogP contribution in [0.2, 0.25) is 0 Å². The first kappa shape index (κ1) is 14.1. The van der Waals surface area contributed by atoms with Crippen LogP contribution in [-0.4, -0.2) is 25.0 Å². The number of nitrogens with one attached hydrogen (secondary N) is 2. The summed E-state index contributed by atoms with van der Waals surface area (Å²) in [6, 6.07) is 10.7. The zero-order chi connectivity index (χ0) is 13.7. The Bertz CT molecular complexity index is 404. The van der Waals surface area contributed by atoms with Gasteiger partial charge in [-0.3, -0.25) is 4.79 Å². The molecule has 1 unspecified atom stereocenters. The van der Waals surface area contributed by atoms with Gasteiger partial charge < -0.3 is 10.6 Å². The van der Waals surface area contributed by atoms with Gasteiger partial charge in [-0.05, 0) is 37.8 Å². The molecule has 0 spiro atoms. The normalized spacial score (nSPS) is 24.1. The van der Waals surface area contributed by atoms with E-state index in [4.69, 9.17) is 0 Å². The van der Waals surface area contributed by atoms with Crippen molar-refractivity contribution < 1.29 is 4.79 Å². The second-order valence-electron chi connectivity index (χ2n) is 5.68. The van der Waals surface area contributed by atoms with E-state index in [1.54, 1.807) is 0 Å². The maximum absolute atomic E-state index is 12.1. The van der Waals surface area contributed by atoms with Gasteiger partial charge in [-0.25, -0.2) is 0 Å². The third-order valence-corrected chi connectivity index (χ3v) is 3.95. The van der Waals surface area contributed by atoms with E-state index in [1.807, 2.05) is 6.07 Å². The summed E-state index contributed by atoms with van der Waals surface area (Å²) in [7, 11) is 0. The second kappa shape index (κ2) is 6.71. The summed E-state index contributed by atoms with van der Waals surface area (Å²) in [5, 5.41) is 6.42. The lowest BCUT2D eigenvalue weighted by molar-refractivity contribution is -0.126. The van der Waals surface area contributed by atoms with Crippen molar-refractivity contribution in [2.75, 3.05) is 13.1 Å². The van der Waals surface area contributed by atoms with Crippen molar-refractivity contribution >= 4 is 5.91 Å².